The van der Waals surface area contributed by atoms with Gasteiger partial charge in [0.1, 0.15) is 11.1 Å². The zero-order valence-electron chi connectivity index (χ0n) is 12.8. The molecule has 1 unspecified atom stereocenters. The molecule has 116 valence electrons. The van der Waals surface area contributed by atoms with E-state index in [-0.39, 0.29) is 0 Å². The third-order valence-electron chi connectivity index (χ3n) is 3.18. The number of carbonyl (C=O) groups is 1. The second-order valence-corrected chi connectivity index (χ2v) is 5.73. The summed E-state index contributed by atoms with van der Waals surface area (Å²) < 4.78 is 5.12. The fraction of sp³-hybridized carbons (Fsp3) is 0.353. The van der Waals surface area contributed by atoms with Gasteiger partial charge in [0, 0.05) is 18.0 Å². The Morgan fingerprint density at radius 2 is 1.86 bits per heavy atom. The number of unbranched alkanes of at least 4 members (excludes halogenated alkanes) is 1. The molecular weight excluding hydrogens is 300 g/mol. The molecule has 0 amide bonds. The van der Waals surface area contributed by atoms with Crippen LogP contribution in [0.2, 0.25) is 0 Å². The Bertz CT molecular complexity index is 610. The summed E-state index contributed by atoms with van der Waals surface area (Å²) in [5, 5.41) is -0.668. The quantitative estimate of drug-likeness (QED) is 0.458. The van der Waals surface area contributed by atoms with Crippen LogP contribution in [0, 0.1) is 0 Å². The molecular formula is C17H19ClN2O2. The molecule has 1 heterocycles. The largest absolute Gasteiger partial charge is 0.425 e. The van der Waals surface area contributed by atoms with Gasteiger partial charge in [0.25, 0.3) is 0 Å². The summed E-state index contributed by atoms with van der Waals surface area (Å²) in [7, 11) is 0. The number of nitrogens with zero attached hydrogens (tertiary/aromatic N) is 2. The van der Waals surface area contributed by atoms with Crippen molar-refractivity contribution < 1.29 is 9.53 Å². The van der Waals surface area contributed by atoms with E-state index >= 15 is 0 Å². The van der Waals surface area contributed by atoms with E-state index in [1.807, 2.05) is 24.5 Å². The standard InChI is InChI=1S/C17H19ClN2O2/c1-3-4-5-13-10-19-16(20-11-13)14-6-8-15(9-7-14)22-17(21)12(2)18/h6-12H,3-5H2,1-2H3. The number of carbonyl (C=O) groups excluding carboxylic acids is 1. The number of benzene rings is 1. The number of esters is 1. The van der Waals surface area contributed by atoms with Gasteiger partial charge in [-0.05, 0) is 49.6 Å². The van der Waals surface area contributed by atoms with Crippen LogP contribution in [0.25, 0.3) is 11.4 Å². The molecule has 0 aliphatic heterocycles. The van der Waals surface area contributed by atoms with Crippen LogP contribution in [0.1, 0.15) is 32.3 Å². The fourth-order valence-electron chi connectivity index (χ4n) is 1.88. The molecule has 4 nitrogen and oxygen atoms in total. The molecule has 0 bridgehead atoms. The minimum absolute atomic E-state index is 0.459. The van der Waals surface area contributed by atoms with Crippen molar-refractivity contribution in [3.8, 4) is 17.1 Å². The number of aryl methyl sites for hydroxylation is 1. The summed E-state index contributed by atoms with van der Waals surface area (Å²) >= 11 is 5.66. The number of ether oxygens (including phenoxy) is 1. The molecule has 2 aromatic rings. The molecule has 0 N–H and O–H groups in total. The maximum absolute atomic E-state index is 11.4. The van der Waals surface area contributed by atoms with Gasteiger partial charge < -0.3 is 4.74 Å². The summed E-state index contributed by atoms with van der Waals surface area (Å²) in [6.07, 6.45) is 7.02. The highest BCUT2D eigenvalue weighted by atomic mass is 35.5. The first kappa shape index (κ1) is 16.4. The first-order chi connectivity index (χ1) is 10.6. The minimum Gasteiger partial charge on any atom is -0.425 e. The number of halogens is 1. The van der Waals surface area contributed by atoms with E-state index in [4.69, 9.17) is 16.3 Å². The molecule has 0 saturated carbocycles. The van der Waals surface area contributed by atoms with Gasteiger partial charge in [0.2, 0.25) is 0 Å². The van der Waals surface area contributed by atoms with Crippen LogP contribution in [0.3, 0.4) is 0 Å². The lowest BCUT2D eigenvalue weighted by Crippen LogP contribution is -2.17. The van der Waals surface area contributed by atoms with E-state index in [2.05, 4.69) is 16.9 Å². The zero-order valence-corrected chi connectivity index (χ0v) is 13.5. The van der Waals surface area contributed by atoms with Gasteiger partial charge in [-0.25, -0.2) is 9.97 Å². The molecule has 0 spiro atoms. The Morgan fingerprint density at radius 1 is 1.23 bits per heavy atom. The SMILES string of the molecule is CCCCc1cnc(-c2ccc(OC(=O)C(C)Cl)cc2)nc1. The third-order valence-corrected chi connectivity index (χ3v) is 3.36. The zero-order chi connectivity index (χ0) is 15.9. The number of rotatable bonds is 6. The van der Waals surface area contributed by atoms with Crippen LogP contribution in [0.4, 0.5) is 0 Å². The summed E-state index contributed by atoms with van der Waals surface area (Å²) in [6, 6.07) is 7.06. The van der Waals surface area contributed by atoms with Crippen molar-refractivity contribution in [3.05, 3.63) is 42.2 Å². The highest BCUT2D eigenvalue weighted by molar-refractivity contribution is 6.29. The van der Waals surface area contributed by atoms with Gasteiger partial charge in [-0.1, -0.05) is 13.3 Å². The highest BCUT2D eigenvalue weighted by Crippen LogP contribution is 2.20. The number of hydrogen-bond donors (Lipinski definition) is 0. The van der Waals surface area contributed by atoms with Gasteiger partial charge in [0.15, 0.2) is 5.82 Å². The monoisotopic (exact) mass is 318 g/mol. The van der Waals surface area contributed by atoms with Crippen molar-refractivity contribution in [2.45, 2.75) is 38.5 Å². The van der Waals surface area contributed by atoms with Crippen molar-refractivity contribution >= 4 is 17.6 Å². The van der Waals surface area contributed by atoms with Gasteiger partial charge in [-0.2, -0.15) is 0 Å². The average Bonchev–Trinajstić information content (AvgIpc) is 2.54. The van der Waals surface area contributed by atoms with Crippen molar-refractivity contribution in [2.75, 3.05) is 0 Å². The Kier molecular flexibility index (Phi) is 5.90. The summed E-state index contributed by atoms with van der Waals surface area (Å²) in [5.41, 5.74) is 2.02. The van der Waals surface area contributed by atoms with Gasteiger partial charge >= 0.3 is 5.97 Å². The van der Waals surface area contributed by atoms with E-state index in [0.29, 0.717) is 11.6 Å². The smallest absolute Gasteiger partial charge is 0.329 e. The normalized spacial score (nSPS) is 12.0. The molecule has 2 rings (SSSR count). The number of alkyl halides is 1. The second kappa shape index (κ2) is 7.90. The predicted octanol–water partition coefficient (Wildman–Crippen LogP) is 4.02. The van der Waals surface area contributed by atoms with Crippen LogP contribution < -0.4 is 4.74 Å². The van der Waals surface area contributed by atoms with E-state index in [1.165, 1.54) is 0 Å². The molecule has 0 aliphatic rings. The number of hydrogen-bond acceptors (Lipinski definition) is 4. The van der Waals surface area contributed by atoms with Gasteiger partial charge in [0.05, 0.1) is 0 Å². The molecule has 1 aromatic carbocycles. The minimum atomic E-state index is -0.668. The topological polar surface area (TPSA) is 52.1 Å². The Hall–Kier alpha value is -1.94. The summed E-state index contributed by atoms with van der Waals surface area (Å²) in [5.74, 6) is 0.649. The number of aromatic nitrogens is 2. The average molecular weight is 319 g/mol. The fourth-order valence-corrected chi connectivity index (χ4v) is 1.93. The maximum atomic E-state index is 11.4. The molecule has 0 aliphatic carbocycles. The Morgan fingerprint density at radius 3 is 2.41 bits per heavy atom. The van der Waals surface area contributed by atoms with Gasteiger partial charge in [-0.15, -0.1) is 11.6 Å². The van der Waals surface area contributed by atoms with E-state index < -0.39 is 11.3 Å². The van der Waals surface area contributed by atoms with E-state index in [0.717, 1.165) is 30.4 Å². The van der Waals surface area contributed by atoms with E-state index in [9.17, 15) is 4.79 Å². The summed E-state index contributed by atoms with van der Waals surface area (Å²) in [6.45, 7) is 3.74. The van der Waals surface area contributed by atoms with Crippen LogP contribution in [-0.2, 0) is 11.2 Å². The van der Waals surface area contributed by atoms with Gasteiger partial charge in [-0.3, -0.25) is 4.79 Å². The Labute approximate surface area is 135 Å². The lowest BCUT2D eigenvalue weighted by molar-refractivity contribution is -0.133. The molecule has 0 fully saturated rings. The molecule has 1 aromatic heterocycles. The highest BCUT2D eigenvalue weighted by Gasteiger charge is 2.11. The van der Waals surface area contributed by atoms with Crippen molar-refractivity contribution in [3.63, 3.8) is 0 Å². The first-order valence-electron chi connectivity index (χ1n) is 7.37. The van der Waals surface area contributed by atoms with Crippen molar-refractivity contribution in [1.29, 1.82) is 0 Å². The predicted molar refractivity (Wildman–Crippen MR) is 87.0 cm³/mol. The molecule has 5 heteroatoms. The van der Waals surface area contributed by atoms with Crippen LogP contribution in [0.15, 0.2) is 36.7 Å². The van der Waals surface area contributed by atoms with Crippen molar-refractivity contribution in [1.82, 2.24) is 9.97 Å². The molecule has 0 radical (unpaired) electrons. The summed E-state index contributed by atoms with van der Waals surface area (Å²) in [4.78, 5) is 20.2. The maximum Gasteiger partial charge on any atom is 0.329 e. The Balaban J connectivity index is 2.05. The lowest BCUT2D eigenvalue weighted by atomic mass is 10.1. The van der Waals surface area contributed by atoms with E-state index in [1.54, 1.807) is 19.1 Å². The molecule has 22 heavy (non-hydrogen) atoms. The van der Waals surface area contributed by atoms with Crippen molar-refractivity contribution in [2.24, 2.45) is 0 Å². The molecule has 1 atom stereocenters. The van der Waals surface area contributed by atoms with Crippen LogP contribution in [0.5, 0.6) is 5.75 Å². The van der Waals surface area contributed by atoms with Crippen LogP contribution >= 0.6 is 11.6 Å². The molecule has 0 saturated heterocycles. The second-order valence-electron chi connectivity index (χ2n) is 5.08. The third kappa shape index (κ3) is 4.53. The lowest BCUT2D eigenvalue weighted by Gasteiger charge is -2.06. The first-order valence-corrected chi connectivity index (χ1v) is 7.81. The van der Waals surface area contributed by atoms with Crippen LogP contribution in [-0.4, -0.2) is 21.3 Å².